The molecule has 0 saturated carbocycles. The van der Waals surface area contributed by atoms with Crippen LogP contribution in [-0.2, 0) is 17.6 Å². The maximum Gasteiger partial charge on any atom is 0.226 e. The van der Waals surface area contributed by atoms with E-state index in [2.05, 4.69) is 39.8 Å². The van der Waals surface area contributed by atoms with Crippen LogP contribution >= 0.6 is 0 Å². The highest BCUT2D eigenvalue weighted by molar-refractivity contribution is 5.78. The van der Waals surface area contributed by atoms with Crippen LogP contribution in [0.15, 0.2) is 54.9 Å². The molecule has 1 aliphatic rings. The molecule has 0 atom stereocenters. The number of carbonyl (C=O) groups excluding carboxylic acids is 1. The zero-order valence-corrected chi connectivity index (χ0v) is 18.0. The fraction of sp³-hybridized carbons (Fsp3) is 0.417. The van der Waals surface area contributed by atoms with E-state index in [0.717, 1.165) is 49.4 Å². The van der Waals surface area contributed by atoms with Gasteiger partial charge >= 0.3 is 0 Å². The van der Waals surface area contributed by atoms with Crippen LogP contribution in [0.1, 0.15) is 37.3 Å². The third kappa shape index (κ3) is 5.69. The van der Waals surface area contributed by atoms with Gasteiger partial charge in [-0.3, -0.25) is 4.79 Å². The molecule has 162 valence electrons. The van der Waals surface area contributed by atoms with Gasteiger partial charge < -0.3 is 9.64 Å². The second kappa shape index (κ2) is 10.2. The minimum atomic E-state index is 0.208. The molecule has 2 aromatic carbocycles. The summed E-state index contributed by atoms with van der Waals surface area (Å²) < 4.78 is 7.11. The molecule has 1 fully saturated rings. The first-order valence-electron chi connectivity index (χ1n) is 11.0. The Morgan fingerprint density at radius 1 is 1.03 bits per heavy atom. The van der Waals surface area contributed by atoms with E-state index in [4.69, 9.17) is 4.74 Å². The summed E-state index contributed by atoms with van der Waals surface area (Å²) in [6.45, 7) is 4.41. The Kier molecular flexibility index (Phi) is 6.92. The van der Waals surface area contributed by atoms with Crippen molar-refractivity contribution in [2.45, 2.75) is 39.0 Å². The maximum atomic E-state index is 12.7. The van der Waals surface area contributed by atoms with Crippen molar-refractivity contribution in [3.8, 4) is 11.4 Å². The summed E-state index contributed by atoms with van der Waals surface area (Å²) in [6, 6.07) is 16.2. The predicted molar refractivity (Wildman–Crippen MR) is 118 cm³/mol. The molecule has 3 aromatic rings. The van der Waals surface area contributed by atoms with Crippen molar-refractivity contribution in [1.82, 2.24) is 25.1 Å². The number of carbonyl (C=O) groups is 1. The zero-order chi connectivity index (χ0) is 21.5. The Morgan fingerprint density at radius 3 is 2.39 bits per heavy atom. The number of aryl methyl sites for hydroxylation is 1. The number of benzene rings is 2. The van der Waals surface area contributed by atoms with Gasteiger partial charge in [-0.25, -0.2) is 4.68 Å². The Hall–Kier alpha value is -3.22. The quantitative estimate of drug-likeness (QED) is 0.559. The number of hydrogen-bond donors (Lipinski definition) is 0. The largest absolute Gasteiger partial charge is 0.494 e. The minimum absolute atomic E-state index is 0.208. The summed E-state index contributed by atoms with van der Waals surface area (Å²) in [5.74, 6) is 1.83. The highest BCUT2D eigenvalue weighted by atomic mass is 16.5. The van der Waals surface area contributed by atoms with Crippen LogP contribution in [0.2, 0.25) is 0 Å². The second-order valence-electron chi connectivity index (χ2n) is 8.04. The molecule has 0 bridgehead atoms. The average molecular weight is 420 g/mol. The highest BCUT2D eigenvalue weighted by Gasteiger charge is 2.22. The van der Waals surface area contributed by atoms with Gasteiger partial charge in [0.15, 0.2) is 0 Å². The Bertz CT molecular complexity index is 947. The van der Waals surface area contributed by atoms with Crippen LogP contribution < -0.4 is 4.74 Å². The van der Waals surface area contributed by atoms with Crippen LogP contribution in [0, 0.1) is 5.92 Å². The van der Waals surface area contributed by atoms with Gasteiger partial charge in [-0.15, -0.1) is 5.10 Å². The van der Waals surface area contributed by atoms with E-state index in [0.29, 0.717) is 18.9 Å². The summed E-state index contributed by atoms with van der Waals surface area (Å²) in [5, 5.41) is 11.2. The molecule has 1 aliphatic heterocycles. The number of amides is 1. The normalized spacial score (nSPS) is 14.5. The number of rotatable bonds is 8. The summed E-state index contributed by atoms with van der Waals surface area (Å²) in [4.78, 5) is 14.7. The van der Waals surface area contributed by atoms with Crippen molar-refractivity contribution in [1.29, 1.82) is 0 Å². The van der Waals surface area contributed by atoms with Crippen molar-refractivity contribution in [3.63, 3.8) is 0 Å². The fourth-order valence-electron chi connectivity index (χ4n) is 4.09. The van der Waals surface area contributed by atoms with E-state index in [-0.39, 0.29) is 5.91 Å². The molecule has 1 amide bonds. The van der Waals surface area contributed by atoms with Gasteiger partial charge in [-0.1, -0.05) is 24.3 Å². The first-order valence-corrected chi connectivity index (χ1v) is 11.0. The molecule has 2 heterocycles. The number of hydrogen-bond acceptors (Lipinski definition) is 5. The van der Waals surface area contributed by atoms with Crippen LogP contribution in [0.4, 0.5) is 0 Å². The zero-order valence-electron chi connectivity index (χ0n) is 18.0. The van der Waals surface area contributed by atoms with Gasteiger partial charge in [-0.05, 0) is 84.3 Å². The summed E-state index contributed by atoms with van der Waals surface area (Å²) in [5.41, 5.74) is 3.25. The van der Waals surface area contributed by atoms with E-state index in [9.17, 15) is 4.79 Å². The first-order chi connectivity index (χ1) is 15.2. The average Bonchev–Trinajstić information content (AvgIpc) is 3.35. The van der Waals surface area contributed by atoms with Crippen molar-refractivity contribution < 1.29 is 9.53 Å². The number of tetrazole rings is 1. The molecule has 0 radical (unpaired) electrons. The SMILES string of the molecule is CCOc1ccc(CCC2CCN(C(=O)Cc3ccc(-n4cnnn4)cc3)CC2)cc1. The lowest BCUT2D eigenvalue weighted by Crippen LogP contribution is -2.39. The monoisotopic (exact) mass is 419 g/mol. The molecule has 1 saturated heterocycles. The standard InChI is InChI=1S/C24H29N5O2/c1-2-31-23-11-7-19(8-12-23)3-4-20-13-15-28(16-14-20)24(30)17-21-5-9-22(10-6-21)29-18-25-26-27-29/h5-12,18,20H,2-4,13-17H2,1H3. The highest BCUT2D eigenvalue weighted by Crippen LogP contribution is 2.24. The topological polar surface area (TPSA) is 73.1 Å². The van der Waals surface area contributed by atoms with Crippen molar-refractivity contribution in [2.24, 2.45) is 5.92 Å². The van der Waals surface area contributed by atoms with E-state index < -0.39 is 0 Å². The van der Waals surface area contributed by atoms with E-state index in [1.807, 2.05) is 36.1 Å². The molecule has 0 aliphatic carbocycles. The van der Waals surface area contributed by atoms with Gasteiger partial charge in [0.1, 0.15) is 12.1 Å². The first kappa shape index (κ1) is 21.0. The Morgan fingerprint density at radius 2 is 1.74 bits per heavy atom. The van der Waals surface area contributed by atoms with Gasteiger partial charge in [-0.2, -0.15) is 0 Å². The van der Waals surface area contributed by atoms with Crippen molar-refractivity contribution in [3.05, 3.63) is 66.0 Å². The summed E-state index contributed by atoms with van der Waals surface area (Å²) in [6.07, 6.45) is 6.42. The Balaban J connectivity index is 1.20. The number of ether oxygens (including phenoxy) is 1. The lowest BCUT2D eigenvalue weighted by Gasteiger charge is -2.32. The molecule has 7 heteroatoms. The van der Waals surface area contributed by atoms with Gasteiger partial charge in [0.05, 0.1) is 18.7 Å². The van der Waals surface area contributed by atoms with E-state index in [1.165, 1.54) is 12.0 Å². The molecule has 0 spiro atoms. The number of likely N-dealkylation sites (tertiary alicyclic amines) is 1. The second-order valence-corrected chi connectivity index (χ2v) is 8.04. The minimum Gasteiger partial charge on any atom is -0.494 e. The third-order valence-corrected chi connectivity index (χ3v) is 5.95. The van der Waals surface area contributed by atoms with Crippen LogP contribution in [0.3, 0.4) is 0 Å². The molecule has 0 unspecified atom stereocenters. The van der Waals surface area contributed by atoms with E-state index >= 15 is 0 Å². The van der Waals surface area contributed by atoms with Gasteiger partial charge in [0.2, 0.25) is 5.91 Å². The third-order valence-electron chi connectivity index (χ3n) is 5.95. The maximum absolute atomic E-state index is 12.7. The fourth-order valence-corrected chi connectivity index (χ4v) is 4.09. The van der Waals surface area contributed by atoms with Gasteiger partial charge in [0.25, 0.3) is 0 Å². The number of piperidine rings is 1. The molecule has 1 aromatic heterocycles. The molecular formula is C24H29N5O2. The molecule has 4 rings (SSSR count). The number of nitrogens with zero attached hydrogens (tertiary/aromatic N) is 5. The molecular weight excluding hydrogens is 390 g/mol. The summed E-state index contributed by atoms with van der Waals surface area (Å²) in [7, 11) is 0. The molecule has 7 nitrogen and oxygen atoms in total. The van der Waals surface area contributed by atoms with Gasteiger partial charge in [0, 0.05) is 13.1 Å². The van der Waals surface area contributed by atoms with Crippen molar-refractivity contribution in [2.75, 3.05) is 19.7 Å². The molecule has 0 N–H and O–H groups in total. The lowest BCUT2D eigenvalue weighted by molar-refractivity contribution is -0.131. The van der Waals surface area contributed by atoms with Crippen LogP contribution in [0.25, 0.3) is 5.69 Å². The van der Waals surface area contributed by atoms with E-state index in [1.54, 1.807) is 11.0 Å². The smallest absolute Gasteiger partial charge is 0.226 e. The van der Waals surface area contributed by atoms with Crippen LogP contribution in [0.5, 0.6) is 5.75 Å². The summed E-state index contributed by atoms with van der Waals surface area (Å²) >= 11 is 0. The number of aromatic nitrogens is 4. The Labute approximate surface area is 183 Å². The molecule has 31 heavy (non-hydrogen) atoms. The lowest BCUT2D eigenvalue weighted by atomic mass is 9.90. The van der Waals surface area contributed by atoms with Crippen molar-refractivity contribution >= 4 is 5.91 Å². The predicted octanol–water partition coefficient (Wildman–Crippen LogP) is 3.47. The van der Waals surface area contributed by atoms with Crippen LogP contribution in [-0.4, -0.2) is 50.7 Å².